The zero-order valence-electron chi connectivity index (χ0n) is 8.46. The van der Waals surface area contributed by atoms with E-state index in [1.165, 1.54) is 12.3 Å². The van der Waals surface area contributed by atoms with E-state index in [2.05, 4.69) is 22.5 Å². The third kappa shape index (κ3) is 3.53. The highest BCUT2D eigenvalue weighted by Gasteiger charge is 2.29. The summed E-state index contributed by atoms with van der Waals surface area (Å²) in [6.45, 7) is 2.74. The van der Waals surface area contributed by atoms with E-state index in [9.17, 15) is 4.79 Å². The second-order valence-electron chi connectivity index (χ2n) is 3.19. The summed E-state index contributed by atoms with van der Waals surface area (Å²) < 4.78 is 0. The molecule has 0 aromatic carbocycles. The van der Waals surface area contributed by atoms with Crippen LogP contribution in [0.25, 0.3) is 0 Å². The van der Waals surface area contributed by atoms with Crippen molar-refractivity contribution in [2.75, 3.05) is 6.54 Å². The van der Waals surface area contributed by atoms with Crippen LogP contribution in [0.2, 0.25) is 0 Å². The number of aliphatic imine (C=N–C) groups is 1. The Morgan fingerprint density at radius 2 is 2.53 bits per heavy atom. The molecule has 1 rings (SSSR count). The van der Waals surface area contributed by atoms with Gasteiger partial charge in [0.25, 0.3) is 5.25 Å². The Bertz CT molecular complexity index is 304. The van der Waals surface area contributed by atoms with Gasteiger partial charge in [-0.05, 0) is 12.5 Å². The molecule has 84 valence electrons. The zero-order chi connectivity index (χ0) is 11.3. The monoisotopic (exact) mass is 231 g/mol. The first-order valence-electron chi connectivity index (χ1n) is 4.78. The molecule has 0 amide bonds. The topological polar surface area (TPSA) is 73.7 Å². The van der Waals surface area contributed by atoms with Crippen LogP contribution in [0.15, 0.2) is 16.8 Å². The molecule has 1 heterocycles. The summed E-state index contributed by atoms with van der Waals surface area (Å²) in [5, 5.41) is 13.1. The van der Waals surface area contributed by atoms with Crippen molar-refractivity contribution < 1.29 is 9.90 Å². The maximum Gasteiger partial charge on any atom is 0.352 e. The molecule has 0 aliphatic carbocycles. The molecule has 0 spiro atoms. The van der Waals surface area contributed by atoms with Crippen molar-refractivity contribution in [3.8, 4) is 0 Å². The van der Waals surface area contributed by atoms with E-state index in [-0.39, 0.29) is 5.70 Å². The molecule has 5 nitrogen and oxygen atoms in total. The largest absolute Gasteiger partial charge is 0.477 e. The average Bonchev–Trinajstić information content (AvgIpc) is 2.18. The molecule has 0 fully saturated rings. The number of carboxylic acids is 1. The molecule has 1 aliphatic rings. The fourth-order valence-corrected chi connectivity index (χ4v) is 1.36. The molecule has 1 atom stereocenters. The number of alkyl halides is 1. The van der Waals surface area contributed by atoms with Gasteiger partial charge >= 0.3 is 5.97 Å². The number of nitrogens with zero attached hydrogens (tertiary/aromatic N) is 1. The lowest BCUT2D eigenvalue weighted by Crippen LogP contribution is -2.53. The van der Waals surface area contributed by atoms with Crippen LogP contribution in [0.4, 0.5) is 0 Å². The highest BCUT2D eigenvalue weighted by atomic mass is 35.5. The minimum absolute atomic E-state index is 0.0315. The van der Waals surface area contributed by atoms with E-state index in [4.69, 9.17) is 16.7 Å². The lowest BCUT2D eigenvalue weighted by atomic mass is 10.3. The van der Waals surface area contributed by atoms with Crippen molar-refractivity contribution in [3.05, 3.63) is 11.8 Å². The van der Waals surface area contributed by atoms with Crippen LogP contribution in [0, 0.1) is 0 Å². The first-order chi connectivity index (χ1) is 7.07. The van der Waals surface area contributed by atoms with E-state index in [0.29, 0.717) is 6.54 Å². The van der Waals surface area contributed by atoms with Gasteiger partial charge in [0.15, 0.2) is 0 Å². The molecule has 0 aromatic heterocycles. The zero-order valence-corrected chi connectivity index (χ0v) is 9.21. The second-order valence-corrected chi connectivity index (χ2v) is 3.74. The third-order valence-corrected chi connectivity index (χ3v) is 2.24. The Kier molecular flexibility index (Phi) is 4.11. The number of carbonyl (C=O) groups is 1. The predicted molar refractivity (Wildman–Crippen MR) is 58.8 cm³/mol. The maximum absolute atomic E-state index is 10.7. The van der Waals surface area contributed by atoms with Crippen LogP contribution < -0.4 is 10.6 Å². The minimum atomic E-state index is -1.22. The Balaban J connectivity index is 2.54. The summed E-state index contributed by atoms with van der Waals surface area (Å²) in [6, 6.07) is 0. The van der Waals surface area contributed by atoms with Gasteiger partial charge in [-0.2, -0.15) is 0 Å². The molecular weight excluding hydrogens is 218 g/mol. The summed E-state index contributed by atoms with van der Waals surface area (Å²) in [5.41, 5.74) is 0.0315. The average molecular weight is 232 g/mol. The number of carboxylic acid groups (broad SMARTS) is 1. The Morgan fingerprint density at radius 3 is 3.13 bits per heavy atom. The van der Waals surface area contributed by atoms with Crippen molar-refractivity contribution >= 4 is 23.8 Å². The van der Waals surface area contributed by atoms with Gasteiger partial charge in [-0.15, -0.1) is 0 Å². The van der Waals surface area contributed by atoms with Gasteiger partial charge in [0.1, 0.15) is 5.70 Å². The van der Waals surface area contributed by atoms with Crippen LogP contribution in [0.1, 0.15) is 19.8 Å². The first-order valence-corrected chi connectivity index (χ1v) is 5.16. The smallest absolute Gasteiger partial charge is 0.352 e. The highest BCUT2D eigenvalue weighted by molar-refractivity contribution is 6.24. The Morgan fingerprint density at radius 1 is 1.80 bits per heavy atom. The number of hydrogen-bond donors (Lipinski definition) is 3. The molecule has 6 heteroatoms. The normalized spacial score (nSPS) is 24.5. The van der Waals surface area contributed by atoms with E-state index < -0.39 is 11.2 Å². The Labute approximate surface area is 93.2 Å². The number of allylic oxidation sites excluding steroid dienone is 1. The van der Waals surface area contributed by atoms with Gasteiger partial charge in [0.2, 0.25) is 0 Å². The van der Waals surface area contributed by atoms with Crippen molar-refractivity contribution in [1.29, 1.82) is 0 Å². The van der Waals surface area contributed by atoms with E-state index in [1.807, 2.05) is 0 Å². The second kappa shape index (κ2) is 5.14. The predicted octanol–water partition coefficient (Wildman–Crippen LogP) is 0.869. The van der Waals surface area contributed by atoms with E-state index in [1.54, 1.807) is 0 Å². The molecule has 0 aromatic rings. The molecule has 1 unspecified atom stereocenters. The first kappa shape index (κ1) is 12.0. The van der Waals surface area contributed by atoms with Gasteiger partial charge in [-0.1, -0.05) is 24.9 Å². The number of unbranched alkanes of at least 4 members (excludes halogenated alkanes) is 1. The number of hydrogen-bond acceptors (Lipinski definition) is 4. The molecule has 0 saturated carbocycles. The van der Waals surface area contributed by atoms with Gasteiger partial charge in [-0.3, -0.25) is 5.32 Å². The van der Waals surface area contributed by atoms with Crippen LogP contribution in [-0.4, -0.2) is 29.1 Å². The summed E-state index contributed by atoms with van der Waals surface area (Å²) in [6.07, 6.45) is 4.74. The summed E-state index contributed by atoms with van der Waals surface area (Å²) in [4.78, 5) is 14.6. The molecule has 0 saturated heterocycles. The fourth-order valence-electron chi connectivity index (χ4n) is 1.11. The summed E-state index contributed by atoms with van der Waals surface area (Å²) in [5.74, 6) is -1.05. The van der Waals surface area contributed by atoms with Crippen molar-refractivity contribution in [1.82, 2.24) is 10.6 Å². The molecule has 15 heavy (non-hydrogen) atoms. The number of rotatable bonds is 5. The SMILES string of the molecule is CCCCNC1(Cl)N=CC=C(C(=O)O)N1. The summed E-state index contributed by atoms with van der Waals surface area (Å²) >= 11 is 6.03. The maximum atomic E-state index is 10.7. The standard InChI is InChI=1S/C9H14ClN3O2/c1-2-3-5-11-9(10)12-6-4-7(13-9)8(14)15/h4,6,11,13H,2-3,5H2,1H3,(H,14,15). The third-order valence-electron chi connectivity index (χ3n) is 1.91. The minimum Gasteiger partial charge on any atom is -0.477 e. The fraction of sp³-hybridized carbons (Fsp3) is 0.556. The lowest BCUT2D eigenvalue weighted by Gasteiger charge is -2.28. The lowest BCUT2D eigenvalue weighted by molar-refractivity contribution is -0.133. The van der Waals surface area contributed by atoms with E-state index >= 15 is 0 Å². The molecular formula is C9H14ClN3O2. The van der Waals surface area contributed by atoms with Crippen molar-refractivity contribution in [2.24, 2.45) is 4.99 Å². The number of nitrogens with one attached hydrogen (secondary N) is 2. The van der Waals surface area contributed by atoms with Gasteiger partial charge in [0, 0.05) is 12.8 Å². The van der Waals surface area contributed by atoms with Crippen molar-refractivity contribution in [3.63, 3.8) is 0 Å². The number of aliphatic carboxylic acids is 1. The molecule has 1 aliphatic heterocycles. The van der Waals surface area contributed by atoms with Gasteiger partial charge in [0.05, 0.1) is 0 Å². The molecule has 0 bridgehead atoms. The molecule has 3 N–H and O–H groups in total. The van der Waals surface area contributed by atoms with Crippen LogP contribution in [-0.2, 0) is 4.79 Å². The van der Waals surface area contributed by atoms with Gasteiger partial charge in [-0.25, -0.2) is 9.79 Å². The van der Waals surface area contributed by atoms with Crippen LogP contribution in [0.3, 0.4) is 0 Å². The van der Waals surface area contributed by atoms with E-state index in [0.717, 1.165) is 12.8 Å². The number of halogens is 1. The van der Waals surface area contributed by atoms with Gasteiger partial charge < -0.3 is 10.4 Å². The Hall–Kier alpha value is -1.07. The molecule has 0 radical (unpaired) electrons. The summed E-state index contributed by atoms with van der Waals surface area (Å²) in [7, 11) is 0. The highest BCUT2D eigenvalue weighted by Crippen LogP contribution is 2.14. The van der Waals surface area contributed by atoms with Crippen LogP contribution >= 0.6 is 11.6 Å². The van der Waals surface area contributed by atoms with Crippen LogP contribution in [0.5, 0.6) is 0 Å². The quantitative estimate of drug-likeness (QED) is 0.373. The van der Waals surface area contributed by atoms with Crippen molar-refractivity contribution in [2.45, 2.75) is 25.0 Å².